The minimum Gasteiger partial charge on any atom is -0.508 e. The van der Waals surface area contributed by atoms with E-state index in [9.17, 15) is 9.90 Å². The molecule has 2 rings (SSSR count). The van der Waals surface area contributed by atoms with Gasteiger partial charge in [-0.1, -0.05) is 6.07 Å². The van der Waals surface area contributed by atoms with Gasteiger partial charge >= 0.3 is 5.97 Å². The summed E-state index contributed by atoms with van der Waals surface area (Å²) in [5.41, 5.74) is 0. The number of aliphatic carboxylic acids is 1. The van der Waals surface area contributed by atoms with Crippen molar-refractivity contribution in [2.75, 3.05) is 18.0 Å². The molecule has 1 heterocycles. The third kappa shape index (κ3) is 2.34. The number of aromatic nitrogens is 1. The van der Waals surface area contributed by atoms with Crippen LogP contribution >= 0.6 is 0 Å². The van der Waals surface area contributed by atoms with Crippen LogP contribution in [0, 0.1) is 0 Å². The summed E-state index contributed by atoms with van der Waals surface area (Å²) in [6, 6.07) is 6.80. The van der Waals surface area contributed by atoms with E-state index in [1.807, 2.05) is 13.0 Å². The number of carboxylic acid groups (broad SMARTS) is 1. The standard InChI is InChI=1S/C13H14N2O3/c1-2-15(8-12(17)18)13-11-7-10(16)4-3-9(11)5-6-14-13/h3-7,16H,2,8H2,1H3,(H,17,18). The summed E-state index contributed by atoms with van der Waals surface area (Å²) in [5, 5.41) is 20.1. The molecule has 18 heavy (non-hydrogen) atoms. The molecular formula is C13H14N2O3. The predicted octanol–water partition coefficient (Wildman–Crippen LogP) is 1.85. The van der Waals surface area contributed by atoms with Crippen LogP contribution in [0.3, 0.4) is 0 Å². The number of rotatable bonds is 4. The minimum absolute atomic E-state index is 0.113. The van der Waals surface area contributed by atoms with Gasteiger partial charge in [-0.05, 0) is 30.5 Å². The van der Waals surface area contributed by atoms with Gasteiger partial charge in [0.25, 0.3) is 0 Å². The lowest BCUT2D eigenvalue weighted by Crippen LogP contribution is -2.30. The van der Waals surface area contributed by atoms with Crippen molar-refractivity contribution in [1.82, 2.24) is 4.98 Å². The van der Waals surface area contributed by atoms with E-state index in [0.717, 1.165) is 10.8 Å². The predicted molar refractivity (Wildman–Crippen MR) is 68.9 cm³/mol. The molecule has 0 amide bonds. The van der Waals surface area contributed by atoms with Crippen LogP contribution in [0.15, 0.2) is 30.5 Å². The summed E-state index contributed by atoms with van der Waals surface area (Å²) in [6.45, 7) is 2.29. The molecule has 2 N–H and O–H groups in total. The van der Waals surface area contributed by atoms with Crippen LogP contribution in [0.4, 0.5) is 5.82 Å². The van der Waals surface area contributed by atoms with E-state index in [0.29, 0.717) is 12.4 Å². The second-order valence-corrected chi connectivity index (χ2v) is 3.95. The van der Waals surface area contributed by atoms with E-state index in [-0.39, 0.29) is 12.3 Å². The number of fused-ring (bicyclic) bond motifs is 1. The Bertz CT molecular complexity index is 583. The van der Waals surface area contributed by atoms with Gasteiger partial charge in [0.15, 0.2) is 0 Å². The number of carboxylic acids is 1. The smallest absolute Gasteiger partial charge is 0.323 e. The van der Waals surface area contributed by atoms with Crippen LogP contribution in [0.1, 0.15) is 6.92 Å². The molecule has 0 aliphatic carbocycles. The molecule has 0 radical (unpaired) electrons. The first-order valence-corrected chi connectivity index (χ1v) is 5.66. The quantitative estimate of drug-likeness (QED) is 0.861. The molecule has 0 fully saturated rings. The lowest BCUT2D eigenvalue weighted by Gasteiger charge is -2.21. The van der Waals surface area contributed by atoms with Crippen molar-refractivity contribution in [3.05, 3.63) is 30.5 Å². The molecule has 0 aliphatic rings. The van der Waals surface area contributed by atoms with E-state index in [4.69, 9.17) is 5.11 Å². The molecule has 0 aliphatic heterocycles. The molecule has 0 unspecified atom stereocenters. The van der Waals surface area contributed by atoms with Gasteiger partial charge in [0.2, 0.25) is 0 Å². The van der Waals surface area contributed by atoms with Crippen molar-refractivity contribution in [1.29, 1.82) is 0 Å². The zero-order valence-electron chi connectivity index (χ0n) is 10.00. The van der Waals surface area contributed by atoms with Gasteiger partial charge < -0.3 is 15.1 Å². The Morgan fingerprint density at radius 1 is 1.39 bits per heavy atom. The summed E-state index contributed by atoms with van der Waals surface area (Å²) in [6.07, 6.45) is 1.64. The maximum absolute atomic E-state index is 10.8. The van der Waals surface area contributed by atoms with Crippen LogP contribution in [0.5, 0.6) is 5.75 Å². The molecule has 0 saturated heterocycles. The number of carbonyl (C=O) groups is 1. The van der Waals surface area contributed by atoms with Crippen LogP contribution < -0.4 is 4.90 Å². The Kier molecular flexibility index (Phi) is 3.32. The second-order valence-electron chi connectivity index (χ2n) is 3.95. The van der Waals surface area contributed by atoms with E-state index in [1.165, 1.54) is 0 Å². The zero-order valence-corrected chi connectivity index (χ0v) is 10.00. The lowest BCUT2D eigenvalue weighted by molar-refractivity contribution is -0.135. The van der Waals surface area contributed by atoms with E-state index in [2.05, 4.69) is 4.98 Å². The fraction of sp³-hybridized carbons (Fsp3) is 0.231. The topological polar surface area (TPSA) is 73.7 Å². The molecule has 5 heteroatoms. The molecule has 1 aromatic carbocycles. The number of likely N-dealkylation sites (N-methyl/N-ethyl adjacent to an activating group) is 1. The number of hydrogen-bond acceptors (Lipinski definition) is 4. The molecule has 2 aromatic rings. The van der Waals surface area contributed by atoms with Gasteiger partial charge in [0, 0.05) is 18.1 Å². The third-order valence-electron chi connectivity index (χ3n) is 2.74. The molecule has 0 saturated carbocycles. The summed E-state index contributed by atoms with van der Waals surface area (Å²) in [4.78, 5) is 16.7. The summed E-state index contributed by atoms with van der Waals surface area (Å²) in [7, 11) is 0. The SMILES string of the molecule is CCN(CC(=O)O)c1nccc2ccc(O)cc12. The fourth-order valence-electron chi connectivity index (χ4n) is 1.89. The largest absolute Gasteiger partial charge is 0.508 e. The Hall–Kier alpha value is -2.30. The summed E-state index contributed by atoms with van der Waals surface area (Å²) in [5.74, 6) is -0.188. The lowest BCUT2D eigenvalue weighted by atomic mass is 10.1. The third-order valence-corrected chi connectivity index (χ3v) is 2.74. The van der Waals surface area contributed by atoms with Crippen LogP contribution in [0.25, 0.3) is 10.8 Å². The summed E-state index contributed by atoms with van der Waals surface area (Å²) >= 11 is 0. The monoisotopic (exact) mass is 246 g/mol. The van der Waals surface area contributed by atoms with Crippen molar-refractivity contribution in [3.63, 3.8) is 0 Å². The first kappa shape index (κ1) is 12.2. The Balaban J connectivity index is 2.54. The average Bonchev–Trinajstić information content (AvgIpc) is 2.35. The highest BCUT2D eigenvalue weighted by Gasteiger charge is 2.13. The fourth-order valence-corrected chi connectivity index (χ4v) is 1.89. The Morgan fingerprint density at radius 3 is 2.83 bits per heavy atom. The van der Waals surface area contributed by atoms with E-state index < -0.39 is 5.97 Å². The van der Waals surface area contributed by atoms with Crippen molar-refractivity contribution in [3.8, 4) is 5.75 Å². The minimum atomic E-state index is -0.907. The van der Waals surface area contributed by atoms with Crippen LogP contribution in [0.2, 0.25) is 0 Å². The highest BCUT2D eigenvalue weighted by Crippen LogP contribution is 2.27. The maximum Gasteiger partial charge on any atom is 0.323 e. The van der Waals surface area contributed by atoms with Crippen molar-refractivity contribution in [2.24, 2.45) is 0 Å². The van der Waals surface area contributed by atoms with Gasteiger partial charge in [0.1, 0.15) is 18.1 Å². The Morgan fingerprint density at radius 2 is 2.17 bits per heavy atom. The van der Waals surface area contributed by atoms with Crippen LogP contribution in [-0.4, -0.2) is 34.3 Å². The number of phenolic OH excluding ortho intramolecular Hbond substituents is 1. The Labute approximate surface area is 104 Å². The van der Waals surface area contributed by atoms with Gasteiger partial charge in [-0.25, -0.2) is 4.98 Å². The number of aromatic hydroxyl groups is 1. The molecular weight excluding hydrogens is 232 g/mol. The highest BCUT2D eigenvalue weighted by atomic mass is 16.4. The van der Waals surface area contributed by atoms with E-state index in [1.54, 1.807) is 29.3 Å². The number of anilines is 1. The van der Waals surface area contributed by atoms with Crippen molar-refractivity contribution < 1.29 is 15.0 Å². The maximum atomic E-state index is 10.8. The van der Waals surface area contributed by atoms with Gasteiger partial charge in [-0.2, -0.15) is 0 Å². The van der Waals surface area contributed by atoms with Gasteiger partial charge in [0.05, 0.1) is 0 Å². The van der Waals surface area contributed by atoms with Gasteiger partial charge in [-0.15, -0.1) is 0 Å². The molecule has 0 spiro atoms. The normalized spacial score (nSPS) is 10.5. The first-order chi connectivity index (χ1) is 8.61. The molecule has 1 aromatic heterocycles. The first-order valence-electron chi connectivity index (χ1n) is 5.66. The number of hydrogen-bond donors (Lipinski definition) is 2. The number of benzene rings is 1. The molecule has 5 nitrogen and oxygen atoms in total. The zero-order chi connectivity index (χ0) is 13.1. The van der Waals surface area contributed by atoms with Crippen molar-refractivity contribution >= 4 is 22.6 Å². The second kappa shape index (κ2) is 4.91. The highest BCUT2D eigenvalue weighted by molar-refractivity contribution is 5.94. The van der Waals surface area contributed by atoms with Crippen LogP contribution in [-0.2, 0) is 4.79 Å². The summed E-state index contributed by atoms with van der Waals surface area (Å²) < 4.78 is 0. The number of phenols is 1. The number of nitrogens with zero attached hydrogens (tertiary/aromatic N) is 2. The number of pyridine rings is 1. The molecule has 0 atom stereocenters. The molecule has 0 bridgehead atoms. The van der Waals surface area contributed by atoms with E-state index >= 15 is 0 Å². The van der Waals surface area contributed by atoms with Crippen molar-refractivity contribution in [2.45, 2.75) is 6.92 Å². The van der Waals surface area contributed by atoms with Gasteiger partial charge in [-0.3, -0.25) is 4.79 Å². The molecule has 94 valence electrons. The average molecular weight is 246 g/mol.